The molecule has 0 aliphatic rings. The SMILES string of the molecule is CC(C)(C)NCCc1nnc(-c2ccccc2Cl)s1. The fraction of sp³-hybridized carbons (Fsp3) is 0.429. The average Bonchev–Trinajstić information content (AvgIpc) is 2.76. The highest BCUT2D eigenvalue weighted by Gasteiger charge is 2.11. The smallest absolute Gasteiger partial charge is 0.149 e. The van der Waals surface area contributed by atoms with E-state index in [1.165, 1.54) is 0 Å². The maximum atomic E-state index is 6.16. The highest BCUT2D eigenvalue weighted by atomic mass is 35.5. The van der Waals surface area contributed by atoms with Gasteiger partial charge in [0.1, 0.15) is 10.0 Å². The van der Waals surface area contributed by atoms with Gasteiger partial charge in [0.15, 0.2) is 0 Å². The third kappa shape index (κ3) is 4.27. The van der Waals surface area contributed by atoms with Crippen molar-refractivity contribution in [2.75, 3.05) is 6.54 Å². The molecule has 1 aromatic carbocycles. The molecule has 0 amide bonds. The van der Waals surface area contributed by atoms with Gasteiger partial charge in [-0.05, 0) is 26.8 Å². The molecule has 0 fully saturated rings. The van der Waals surface area contributed by atoms with Crippen molar-refractivity contribution in [3.8, 4) is 10.6 Å². The molecule has 0 aliphatic carbocycles. The van der Waals surface area contributed by atoms with E-state index in [1.807, 2.05) is 24.3 Å². The molecule has 0 aliphatic heterocycles. The van der Waals surface area contributed by atoms with Crippen molar-refractivity contribution in [3.63, 3.8) is 0 Å². The summed E-state index contributed by atoms with van der Waals surface area (Å²) in [6.45, 7) is 7.37. The number of nitrogens with zero attached hydrogens (tertiary/aromatic N) is 2. The minimum absolute atomic E-state index is 0.135. The van der Waals surface area contributed by atoms with Gasteiger partial charge >= 0.3 is 0 Å². The van der Waals surface area contributed by atoms with E-state index in [-0.39, 0.29) is 5.54 Å². The third-order valence-corrected chi connectivity index (χ3v) is 3.91. The lowest BCUT2D eigenvalue weighted by Gasteiger charge is -2.19. The van der Waals surface area contributed by atoms with Crippen LogP contribution in [0.1, 0.15) is 25.8 Å². The molecule has 102 valence electrons. The van der Waals surface area contributed by atoms with E-state index in [4.69, 9.17) is 11.6 Å². The monoisotopic (exact) mass is 295 g/mol. The van der Waals surface area contributed by atoms with E-state index in [0.717, 1.165) is 33.6 Å². The fourth-order valence-corrected chi connectivity index (χ4v) is 2.80. The molecule has 1 heterocycles. The van der Waals surface area contributed by atoms with Gasteiger partial charge in [-0.2, -0.15) is 0 Å². The minimum Gasteiger partial charge on any atom is -0.312 e. The van der Waals surface area contributed by atoms with Crippen molar-refractivity contribution in [1.82, 2.24) is 15.5 Å². The number of aromatic nitrogens is 2. The topological polar surface area (TPSA) is 37.8 Å². The van der Waals surface area contributed by atoms with E-state index in [2.05, 4.69) is 36.3 Å². The van der Waals surface area contributed by atoms with Crippen molar-refractivity contribution in [3.05, 3.63) is 34.3 Å². The Hall–Kier alpha value is -0.970. The summed E-state index contributed by atoms with van der Waals surface area (Å²) in [6, 6.07) is 7.73. The molecule has 19 heavy (non-hydrogen) atoms. The normalized spacial score (nSPS) is 11.8. The molecule has 1 aromatic heterocycles. The lowest BCUT2D eigenvalue weighted by Crippen LogP contribution is -2.37. The Morgan fingerprint density at radius 3 is 2.63 bits per heavy atom. The van der Waals surface area contributed by atoms with Gasteiger partial charge in [0, 0.05) is 24.1 Å². The highest BCUT2D eigenvalue weighted by Crippen LogP contribution is 2.29. The molecule has 0 spiro atoms. The molecule has 0 bridgehead atoms. The molecule has 3 nitrogen and oxygen atoms in total. The minimum atomic E-state index is 0.135. The van der Waals surface area contributed by atoms with Gasteiger partial charge in [0.2, 0.25) is 0 Å². The molecule has 0 saturated heterocycles. The standard InChI is InChI=1S/C14H18ClN3S/c1-14(2,3)16-9-8-12-17-18-13(19-12)10-6-4-5-7-11(10)15/h4-7,16H,8-9H2,1-3H3. The lowest BCUT2D eigenvalue weighted by atomic mass is 10.1. The maximum Gasteiger partial charge on any atom is 0.149 e. The first-order valence-corrected chi connectivity index (χ1v) is 7.47. The number of halogens is 1. The van der Waals surface area contributed by atoms with Crippen molar-refractivity contribution < 1.29 is 0 Å². The van der Waals surface area contributed by atoms with Gasteiger partial charge < -0.3 is 5.32 Å². The molecule has 0 radical (unpaired) electrons. The van der Waals surface area contributed by atoms with Crippen LogP contribution in [0.15, 0.2) is 24.3 Å². The van der Waals surface area contributed by atoms with Crippen LogP contribution in [0.2, 0.25) is 5.02 Å². The maximum absolute atomic E-state index is 6.16. The van der Waals surface area contributed by atoms with E-state index in [1.54, 1.807) is 11.3 Å². The summed E-state index contributed by atoms with van der Waals surface area (Å²) in [5.41, 5.74) is 1.09. The van der Waals surface area contributed by atoms with Gasteiger partial charge in [-0.1, -0.05) is 41.1 Å². The zero-order valence-corrected chi connectivity index (χ0v) is 13.0. The van der Waals surface area contributed by atoms with Gasteiger partial charge in [0.25, 0.3) is 0 Å². The molecular weight excluding hydrogens is 278 g/mol. The lowest BCUT2D eigenvalue weighted by molar-refractivity contribution is 0.429. The van der Waals surface area contributed by atoms with Gasteiger partial charge in [-0.15, -0.1) is 10.2 Å². The Morgan fingerprint density at radius 1 is 1.21 bits per heavy atom. The van der Waals surface area contributed by atoms with E-state index < -0.39 is 0 Å². The van der Waals surface area contributed by atoms with Gasteiger partial charge in [-0.25, -0.2) is 0 Å². The van der Waals surface area contributed by atoms with Gasteiger partial charge in [-0.3, -0.25) is 0 Å². The Labute approximate surface area is 123 Å². The summed E-state index contributed by atoms with van der Waals surface area (Å²) in [4.78, 5) is 0. The average molecular weight is 296 g/mol. The van der Waals surface area contributed by atoms with Crippen molar-refractivity contribution >= 4 is 22.9 Å². The number of benzene rings is 1. The summed E-state index contributed by atoms with van der Waals surface area (Å²) in [6.07, 6.45) is 0.888. The van der Waals surface area contributed by atoms with Crippen LogP contribution in [0.25, 0.3) is 10.6 Å². The number of hydrogen-bond donors (Lipinski definition) is 1. The van der Waals surface area contributed by atoms with Crippen LogP contribution in [0.4, 0.5) is 0 Å². The summed E-state index contributed by atoms with van der Waals surface area (Å²) in [5.74, 6) is 0. The summed E-state index contributed by atoms with van der Waals surface area (Å²) in [7, 11) is 0. The molecule has 0 saturated carbocycles. The van der Waals surface area contributed by atoms with Crippen LogP contribution in [0.3, 0.4) is 0 Å². The molecule has 0 unspecified atom stereocenters. The predicted octanol–water partition coefficient (Wildman–Crippen LogP) is 3.79. The Morgan fingerprint density at radius 2 is 1.95 bits per heavy atom. The van der Waals surface area contributed by atoms with E-state index in [9.17, 15) is 0 Å². The first-order valence-electron chi connectivity index (χ1n) is 6.28. The second kappa shape index (κ2) is 5.99. The predicted molar refractivity (Wildman–Crippen MR) is 81.8 cm³/mol. The molecule has 0 atom stereocenters. The van der Waals surface area contributed by atoms with Crippen molar-refractivity contribution in [1.29, 1.82) is 0 Å². The molecule has 2 rings (SSSR count). The van der Waals surface area contributed by atoms with Crippen LogP contribution >= 0.6 is 22.9 Å². The first kappa shape index (κ1) is 14.4. The summed E-state index contributed by atoms with van der Waals surface area (Å²) < 4.78 is 0. The second-order valence-electron chi connectivity index (χ2n) is 5.41. The summed E-state index contributed by atoms with van der Waals surface area (Å²) >= 11 is 7.76. The van der Waals surface area contributed by atoms with Crippen LogP contribution < -0.4 is 5.32 Å². The number of rotatable bonds is 4. The fourth-order valence-electron chi connectivity index (χ4n) is 1.64. The molecule has 1 N–H and O–H groups in total. The van der Waals surface area contributed by atoms with Gasteiger partial charge in [0.05, 0.1) is 5.02 Å². The Bertz CT molecular complexity index is 546. The van der Waals surface area contributed by atoms with E-state index in [0.29, 0.717) is 0 Å². The molecule has 5 heteroatoms. The molecule has 2 aromatic rings. The van der Waals surface area contributed by atoms with Crippen LogP contribution in [-0.4, -0.2) is 22.3 Å². The van der Waals surface area contributed by atoms with E-state index >= 15 is 0 Å². The first-order chi connectivity index (χ1) is 8.96. The summed E-state index contributed by atoms with van der Waals surface area (Å²) in [5, 5.41) is 14.5. The van der Waals surface area contributed by atoms with Crippen molar-refractivity contribution in [2.24, 2.45) is 0 Å². The van der Waals surface area contributed by atoms with Crippen molar-refractivity contribution in [2.45, 2.75) is 32.7 Å². The largest absolute Gasteiger partial charge is 0.312 e. The third-order valence-electron chi connectivity index (χ3n) is 2.57. The quantitative estimate of drug-likeness (QED) is 0.932. The Balaban J connectivity index is 2.02. The highest BCUT2D eigenvalue weighted by molar-refractivity contribution is 7.14. The Kier molecular flexibility index (Phi) is 4.55. The number of hydrogen-bond acceptors (Lipinski definition) is 4. The zero-order valence-electron chi connectivity index (χ0n) is 11.4. The zero-order chi connectivity index (χ0) is 13.9. The number of nitrogens with one attached hydrogen (secondary N) is 1. The molecular formula is C14H18ClN3S. The van der Waals surface area contributed by atoms with Crippen LogP contribution in [-0.2, 0) is 6.42 Å². The second-order valence-corrected chi connectivity index (χ2v) is 6.88. The van der Waals surface area contributed by atoms with Crippen LogP contribution in [0, 0.1) is 0 Å². The van der Waals surface area contributed by atoms with Crippen LogP contribution in [0.5, 0.6) is 0 Å².